The lowest BCUT2D eigenvalue weighted by atomic mass is 10.1. The molecular formula is C17H19NO3. The molecule has 4 heteroatoms. The zero-order valence-corrected chi connectivity index (χ0v) is 12.3. The molecular weight excluding hydrogens is 266 g/mol. The first kappa shape index (κ1) is 15.0. The Labute approximate surface area is 124 Å². The van der Waals surface area contributed by atoms with Gasteiger partial charge in [-0.05, 0) is 37.0 Å². The molecule has 1 aromatic heterocycles. The lowest BCUT2D eigenvalue weighted by molar-refractivity contribution is -0.107. The Balaban J connectivity index is 2.11. The minimum atomic E-state index is -0.379. The van der Waals surface area contributed by atoms with E-state index in [0.717, 1.165) is 28.7 Å². The highest BCUT2D eigenvalue weighted by atomic mass is 16.5. The standard InChI is InChI=1S/C17H19NO3/c1-12-13(2)18-16(15(12)9-6-10-19)17(20)21-11-14-7-4-3-5-8-14/h3-5,7-8,10,18H,6,9,11H2,1-2H3. The number of hydrogen-bond donors (Lipinski definition) is 1. The SMILES string of the molecule is Cc1[nH]c(C(=O)OCc2ccccc2)c(CCC=O)c1C. The molecule has 21 heavy (non-hydrogen) atoms. The molecule has 0 radical (unpaired) electrons. The molecule has 0 aliphatic rings. The van der Waals surface area contributed by atoms with Crippen LogP contribution in [0.25, 0.3) is 0 Å². The van der Waals surface area contributed by atoms with Gasteiger partial charge in [0.15, 0.2) is 0 Å². The van der Waals surface area contributed by atoms with Gasteiger partial charge in [0.05, 0.1) is 0 Å². The summed E-state index contributed by atoms with van der Waals surface area (Å²) in [6.07, 6.45) is 1.81. The van der Waals surface area contributed by atoms with Crippen molar-refractivity contribution in [2.45, 2.75) is 33.3 Å². The Morgan fingerprint density at radius 1 is 1.24 bits per heavy atom. The van der Waals surface area contributed by atoms with Gasteiger partial charge in [-0.3, -0.25) is 0 Å². The molecule has 0 saturated carbocycles. The van der Waals surface area contributed by atoms with Crippen molar-refractivity contribution >= 4 is 12.3 Å². The van der Waals surface area contributed by atoms with Gasteiger partial charge in [-0.2, -0.15) is 0 Å². The van der Waals surface area contributed by atoms with Crippen LogP contribution in [0.15, 0.2) is 30.3 Å². The predicted octanol–water partition coefficient (Wildman–Crippen LogP) is 3.12. The average Bonchev–Trinajstić information content (AvgIpc) is 2.79. The number of aromatic nitrogens is 1. The van der Waals surface area contributed by atoms with Crippen LogP contribution in [0.4, 0.5) is 0 Å². The second-order valence-electron chi connectivity index (χ2n) is 5.00. The van der Waals surface area contributed by atoms with Crippen molar-refractivity contribution in [3.63, 3.8) is 0 Å². The number of aryl methyl sites for hydroxylation is 1. The highest BCUT2D eigenvalue weighted by molar-refractivity contribution is 5.90. The largest absolute Gasteiger partial charge is 0.456 e. The van der Waals surface area contributed by atoms with Gasteiger partial charge >= 0.3 is 5.97 Å². The number of ether oxygens (including phenoxy) is 1. The minimum Gasteiger partial charge on any atom is -0.456 e. The molecule has 0 fully saturated rings. The Hall–Kier alpha value is -2.36. The molecule has 2 rings (SSSR count). The molecule has 0 unspecified atom stereocenters. The van der Waals surface area contributed by atoms with Gasteiger partial charge in [-0.15, -0.1) is 0 Å². The minimum absolute atomic E-state index is 0.240. The van der Waals surface area contributed by atoms with Crippen molar-refractivity contribution in [2.24, 2.45) is 0 Å². The normalized spacial score (nSPS) is 10.4. The van der Waals surface area contributed by atoms with E-state index in [1.54, 1.807) is 0 Å². The third-order valence-corrected chi connectivity index (χ3v) is 3.56. The second kappa shape index (κ2) is 6.88. The van der Waals surface area contributed by atoms with Crippen molar-refractivity contribution in [1.29, 1.82) is 0 Å². The Morgan fingerprint density at radius 3 is 2.62 bits per heavy atom. The van der Waals surface area contributed by atoms with Crippen LogP contribution < -0.4 is 0 Å². The molecule has 0 amide bonds. The molecule has 0 aliphatic carbocycles. The van der Waals surface area contributed by atoms with Crippen LogP contribution in [0, 0.1) is 13.8 Å². The Kier molecular flexibility index (Phi) is 4.93. The molecule has 1 heterocycles. The molecule has 0 aliphatic heterocycles. The maximum atomic E-state index is 12.2. The van der Waals surface area contributed by atoms with Gasteiger partial charge in [0, 0.05) is 12.1 Å². The monoisotopic (exact) mass is 285 g/mol. The van der Waals surface area contributed by atoms with Gasteiger partial charge in [0.25, 0.3) is 0 Å². The molecule has 1 N–H and O–H groups in total. The van der Waals surface area contributed by atoms with Crippen LogP contribution >= 0.6 is 0 Å². The van der Waals surface area contributed by atoms with Crippen molar-refractivity contribution in [3.8, 4) is 0 Å². The van der Waals surface area contributed by atoms with E-state index in [0.29, 0.717) is 18.5 Å². The van der Waals surface area contributed by atoms with Crippen molar-refractivity contribution < 1.29 is 14.3 Å². The molecule has 0 atom stereocenters. The summed E-state index contributed by atoms with van der Waals surface area (Å²) in [5.41, 5.74) is 4.23. The highest BCUT2D eigenvalue weighted by Crippen LogP contribution is 2.20. The number of esters is 1. The average molecular weight is 285 g/mol. The summed E-state index contributed by atoms with van der Waals surface area (Å²) in [6.45, 7) is 4.09. The fourth-order valence-corrected chi connectivity index (χ4v) is 2.26. The summed E-state index contributed by atoms with van der Waals surface area (Å²) < 4.78 is 5.34. The number of aldehydes is 1. The maximum Gasteiger partial charge on any atom is 0.355 e. The second-order valence-corrected chi connectivity index (χ2v) is 5.00. The fourth-order valence-electron chi connectivity index (χ4n) is 2.26. The zero-order chi connectivity index (χ0) is 15.2. The van der Waals surface area contributed by atoms with E-state index < -0.39 is 0 Å². The first-order valence-corrected chi connectivity index (χ1v) is 6.96. The van der Waals surface area contributed by atoms with Crippen LogP contribution in [0.5, 0.6) is 0 Å². The van der Waals surface area contributed by atoms with E-state index in [1.165, 1.54) is 0 Å². The van der Waals surface area contributed by atoms with E-state index in [4.69, 9.17) is 4.74 Å². The van der Waals surface area contributed by atoms with Gasteiger partial charge in [0.2, 0.25) is 0 Å². The third kappa shape index (κ3) is 3.60. The summed E-state index contributed by atoms with van der Waals surface area (Å²) in [5.74, 6) is -0.379. The number of carbonyl (C=O) groups is 2. The maximum absolute atomic E-state index is 12.2. The number of rotatable bonds is 6. The number of hydrogen-bond acceptors (Lipinski definition) is 3. The number of carbonyl (C=O) groups excluding carboxylic acids is 2. The first-order chi connectivity index (χ1) is 10.1. The molecule has 4 nitrogen and oxygen atoms in total. The van der Waals surface area contributed by atoms with Crippen molar-refractivity contribution in [3.05, 3.63) is 58.4 Å². The van der Waals surface area contributed by atoms with E-state index >= 15 is 0 Å². The van der Waals surface area contributed by atoms with Crippen molar-refractivity contribution in [1.82, 2.24) is 4.98 Å². The van der Waals surface area contributed by atoms with E-state index in [-0.39, 0.29) is 12.6 Å². The van der Waals surface area contributed by atoms with Gasteiger partial charge in [0.1, 0.15) is 18.6 Å². The van der Waals surface area contributed by atoms with Crippen LogP contribution in [0.1, 0.15) is 39.3 Å². The summed E-state index contributed by atoms with van der Waals surface area (Å²) in [6, 6.07) is 9.54. The third-order valence-electron chi connectivity index (χ3n) is 3.56. The molecule has 0 saturated heterocycles. The van der Waals surface area contributed by atoms with E-state index in [9.17, 15) is 9.59 Å². The molecule has 0 bridgehead atoms. The van der Waals surface area contributed by atoms with E-state index in [2.05, 4.69) is 4.98 Å². The Morgan fingerprint density at radius 2 is 1.95 bits per heavy atom. The lowest BCUT2D eigenvalue weighted by Crippen LogP contribution is -2.09. The number of H-pyrrole nitrogens is 1. The van der Waals surface area contributed by atoms with Crippen LogP contribution in [0.3, 0.4) is 0 Å². The quantitative estimate of drug-likeness (QED) is 0.655. The number of benzene rings is 1. The lowest BCUT2D eigenvalue weighted by Gasteiger charge is -2.06. The number of nitrogens with one attached hydrogen (secondary N) is 1. The molecule has 2 aromatic rings. The highest BCUT2D eigenvalue weighted by Gasteiger charge is 2.19. The molecule has 110 valence electrons. The van der Waals surface area contributed by atoms with Crippen molar-refractivity contribution in [2.75, 3.05) is 0 Å². The van der Waals surface area contributed by atoms with Gasteiger partial charge in [-0.1, -0.05) is 30.3 Å². The zero-order valence-electron chi connectivity index (χ0n) is 12.3. The van der Waals surface area contributed by atoms with Gasteiger partial charge < -0.3 is 14.5 Å². The fraction of sp³-hybridized carbons (Fsp3) is 0.294. The van der Waals surface area contributed by atoms with Gasteiger partial charge in [-0.25, -0.2) is 4.79 Å². The summed E-state index contributed by atoms with van der Waals surface area (Å²) >= 11 is 0. The van der Waals surface area contributed by atoms with Crippen LogP contribution in [-0.4, -0.2) is 17.2 Å². The van der Waals surface area contributed by atoms with Crippen LogP contribution in [0.2, 0.25) is 0 Å². The number of aromatic amines is 1. The Bertz CT molecular complexity index is 629. The topological polar surface area (TPSA) is 59.2 Å². The summed E-state index contributed by atoms with van der Waals surface area (Å²) in [4.78, 5) is 25.9. The summed E-state index contributed by atoms with van der Waals surface area (Å²) in [5, 5.41) is 0. The molecule has 1 aromatic carbocycles. The smallest absolute Gasteiger partial charge is 0.355 e. The van der Waals surface area contributed by atoms with Crippen LogP contribution in [-0.2, 0) is 22.6 Å². The summed E-state index contributed by atoms with van der Waals surface area (Å²) in [7, 11) is 0. The predicted molar refractivity (Wildman–Crippen MR) is 80.2 cm³/mol. The molecule has 0 spiro atoms. The van der Waals surface area contributed by atoms with E-state index in [1.807, 2.05) is 44.2 Å². The first-order valence-electron chi connectivity index (χ1n) is 6.96.